The molecule has 0 aliphatic rings. The van der Waals surface area contributed by atoms with Crippen LogP contribution in [0.5, 0.6) is 0 Å². The normalized spacial score (nSPS) is 15.7. The molecule has 1 unspecified atom stereocenters. The van der Waals surface area contributed by atoms with Crippen LogP contribution >= 0.6 is 15.9 Å². The Balaban J connectivity index is 3.03. The van der Waals surface area contributed by atoms with Gasteiger partial charge in [-0.1, -0.05) is 28.1 Å². The monoisotopic (exact) mass is 232 g/mol. The molecule has 0 spiro atoms. The fourth-order valence-electron chi connectivity index (χ4n) is 0.904. The lowest BCUT2D eigenvalue weighted by Gasteiger charge is -2.17. The Morgan fingerprint density at radius 1 is 1.58 bits per heavy atom. The second-order valence-electron chi connectivity index (χ2n) is 2.87. The predicted octanol–water partition coefficient (Wildman–Crippen LogP) is 2.63. The fraction of sp³-hybridized carbons (Fsp3) is 0.333. The maximum atomic E-state index is 13.5. The molecule has 1 atom stereocenters. The van der Waals surface area contributed by atoms with Gasteiger partial charge in [0.1, 0.15) is 0 Å². The van der Waals surface area contributed by atoms with E-state index in [0.29, 0.717) is 5.56 Å². The van der Waals surface area contributed by atoms with Gasteiger partial charge in [-0.25, -0.2) is 4.39 Å². The summed E-state index contributed by atoms with van der Waals surface area (Å²) in [6.07, 6.45) is 0. The van der Waals surface area contributed by atoms with Gasteiger partial charge in [0, 0.05) is 4.47 Å². The summed E-state index contributed by atoms with van der Waals surface area (Å²) in [4.78, 5) is 0. The van der Waals surface area contributed by atoms with E-state index < -0.39 is 12.3 Å². The first-order valence-corrected chi connectivity index (χ1v) is 4.41. The number of hydrogen-bond acceptors (Lipinski definition) is 1. The molecule has 3 heteroatoms. The van der Waals surface area contributed by atoms with Crippen LogP contribution in [0.4, 0.5) is 4.39 Å². The zero-order chi connectivity index (χ0) is 9.19. The smallest absolute Gasteiger partial charge is 0.156 e. The number of alkyl halides is 1. The highest BCUT2D eigenvalue weighted by molar-refractivity contribution is 9.10. The summed E-state index contributed by atoms with van der Waals surface area (Å²) in [5.74, 6) is 0. The fourth-order valence-corrected chi connectivity index (χ4v) is 1.30. The number of benzene rings is 1. The van der Waals surface area contributed by atoms with Gasteiger partial charge in [-0.3, -0.25) is 0 Å². The molecule has 0 fully saturated rings. The minimum atomic E-state index is -1.65. The van der Waals surface area contributed by atoms with Crippen molar-refractivity contribution in [1.82, 2.24) is 0 Å². The van der Waals surface area contributed by atoms with Crippen molar-refractivity contribution >= 4 is 15.9 Å². The summed E-state index contributed by atoms with van der Waals surface area (Å²) < 4.78 is 14.3. The van der Waals surface area contributed by atoms with Crippen molar-refractivity contribution in [3.8, 4) is 0 Å². The Hall–Kier alpha value is -0.410. The molecule has 1 nitrogen and oxygen atoms in total. The lowest BCUT2D eigenvalue weighted by Crippen LogP contribution is -2.19. The van der Waals surface area contributed by atoms with E-state index >= 15 is 0 Å². The molecular formula is C9H10BrFO. The summed E-state index contributed by atoms with van der Waals surface area (Å²) >= 11 is 3.24. The van der Waals surface area contributed by atoms with Crippen LogP contribution in [0.3, 0.4) is 0 Å². The van der Waals surface area contributed by atoms with E-state index in [9.17, 15) is 4.39 Å². The molecule has 0 heterocycles. The highest BCUT2D eigenvalue weighted by Crippen LogP contribution is 2.26. The van der Waals surface area contributed by atoms with Gasteiger partial charge < -0.3 is 5.11 Å². The number of aliphatic hydroxyl groups excluding tert-OH is 1. The van der Waals surface area contributed by atoms with Crippen LogP contribution in [-0.4, -0.2) is 11.7 Å². The molecule has 1 aromatic carbocycles. The largest absolute Gasteiger partial charge is 0.393 e. The Kier molecular flexibility index (Phi) is 2.85. The molecule has 0 amide bonds. The van der Waals surface area contributed by atoms with E-state index in [-0.39, 0.29) is 0 Å². The Labute approximate surface area is 79.4 Å². The van der Waals surface area contributed by atoms with Crippen LogP contribution in [0, 0.1) is 0 Å². The molecule has 1 N–H and O–H groups in total. The van der Waals surface area contributed by atoms with Gasteiger partial charge in [0.05, 0.1) is 6.61 Å². The predicted molar refractivity (Wildman–Crippen MR) is 49.7 cm³/mol. The van der Waals surface area contributed by atoms with Gasteiger partial charge in [-0.15, -0.1) is 0 Å². The molecule has 0 radical (unpaired) electrons. The molecule has 66 valence electrons. The summed E-state index contributed by atoms with van der Waals surface area (Å²) in [6.45, 7) is 0.859. The summed E-state index contributed by atoms with van der Waals surface area (Å²) in [5, 5.41) is 8.75. The molecule has 0 saturated heterocycles. The summed E-state index contributed by atoms with van der Waals surface area (Å²) in [6, 6.07) is 6.88. The minimum absolute atomic E-state index is 0.486. The van der Waals surface area contributed by atoms with Crippen LogP contribution in [0.2, 0.25) is 0 Å². The van der Waals surface area contributed by atoms with Crippen molar-refractivity contribution in [2.75, 3.05) is 6.61 Å². The molecule has 0 aliphatic carbocycles. The van der Waals surface area contributed by atoms with Crippen LogP contribution in [0.15, 0.2) is 28.7 Å². The van der Waals surface area contributed by atoms with Crippen molar-refractivity contribution in [1.29, 1.82) is 0 Å². The maximum Gasteiger partial charge on any atom is 0.156 e. The average molecular weight is 233 g/mol. The second-order valence-corrected chi connectivity index (χ2v) is 3.78. The van der Waals surface area contributed by atoms with Gasteiger partial charge in [0.2, 0.25) is 0 Å². The number of aliphatic hydroxyl groups is 1. The molecule has 0 aliphatic heterocycles. The van der Waals surface area contributed by atoms with E-state index in [4.69, 9.17) is 5.11 Å². The number of halogens is 2. The second kappa shape index (κ2) is 3.54. The highest BCUT2D eigenvalue weighted by atomic mass is 79.9. The van der Waals surface area contributed by atoms with Crippen LogP contribution in [0.25, 0.3) is 0 Å². The van der Waals surface area contributed by atoms with Crippen molar-refractivity contribution in [2.45, 2.75) is 12.6 Å². The lowest BCUT2D eigenvalue weighted by atomic mass is 9.99. The standard InChI is InChI=1S/C9H10BrFO/c1-9(11,6-12)7-3-2-4-8(10)5-7/h2-5,12H,6H2,1H3. The molecule has 1 aromatic rings. The van der Waals surface area contributed by atoms with Crippen LogP contribution in [0.1, 0.15) is 12.5 Å². The number of hydrogen-bond donors (Lipinski definition) is 1. The third kappa shape index (κ3) is 2.05. The van der Waals surface area contributed by atoms with Crippen LogP contribution in [-0.2, 0) is 5.67 Å². The molecular weight excluding hydrogens is 223 g/mol. The van der Waals surface area contributed by atoms with E-state index in [0.717, 1.165) is 4.47 Å². The first-order chi connectivity index (χ1) is 5.56. The first kappa shape index (κ1) is 9.68. The van der Waals surface area contributed by atoms with Gasteiger partial charge >= 0.3 is 0 Å². The van der Waals surface area contributed by atoms with Gasteiger partial charge in [0.25, 0.3) is 0 Å². The van der Waals surface area contributed by atoms with Crippen molar-refractivity contribution < 1.29 is 9.50 Å². The average Bonchev–Trinajstić information content (AvgIpc) is 2.05. The molecule has 0 aromatic heterocycles. The summed E-state index contributed by atoms with van der Waals surface area (Å²) in [5.41, 5.74) is -1.16. The zero-order valence-corrected chi connectivity index (χ0v) is 8.31. The van der Waals surface area contributed by atoms with E-state index in [1.165, 1.54) is 6.92 Å². The molecule has 1 rings (SSSR count). The minimum Gasteiger partial charge on any atom is -0.393 e. The zero-order valence-electron chi connectivity index (χ0n) is 6.72. The Morgan fingerprint density at radius 3 is 2.75 bits per heavy atom. The number of rotatable bonds is 2. The van der Waals surface area contributed by atoms with Crippen molar-refractivity contribution in [3.05, 3.63) is 34.3 Å². The molecule has 0 bridgehead atoms. The van der Waals surface area contributed by atoms with E-state index in [2.05, 4.69) is 15.9 Å². The van der Waals surface area contributed by atoms with Gasteiger partial charge in [-0.2, -0.15) is 0 Å². The van der Waals surface area contributed by atoms with E-state index in [1.54, 1.807) is 18.2 Å². The topological polar surface area (TPSA) is 20.2 Å². The van der Waals surface area contributed by atoms with Crippen LogP contribution < -0.4 is 0 Å². The lowest BCUT2D eigenvalue weighted by molar-refractivity contribution is 0.0867. The van der Waals surface area contributed by atoms with Crippen molar-refractivity contribution in [2.24, 2.45) is 0 Å². The third-order valence-corrected chi connectivity index (χ3v) is 2.22. The third-order valence-electron chi connectivity index (χ3n) is 1.72. The van der Waals surface area contributed by atoms with Gasteiger partial charge in [0.15, 0.2) is 5.67 Å². The molecule has 0 saturated carbocycles. The highest BCUT2D eigenvalue weighted by Gasteiger charge is 2.24. The SMILES string of the molecule is CC(F)(CO)c1cccc(Br)c1. The van der Waals surface area contributed by atoms with Gasteiger partial charge in [-0.05, 0) is 24.6 Å². The first-order valence-electron chi connectivity index (χ1n) is 3.62. The maximum absolute atomic E-state index is 13.5. The van der Waals surface area contributed by atoms with E-state index in [1.807, 2.05) is 6.07 Å². The quantitative estimate of drug-likeness (QED) is 0.832. The summed E-state index contributed by atoms with van der Waals surface area (Å²) in [7, 11) is 0. The Morgan fingerprint density at radius 2 is 2.25 bits per heavy atom. The van der Waals surface area contributed by atoms with Crippen molar-refractivity contribution in [3.63, 3.8) is 0 Å². The molecule has 12 heavy (non-hydrogen) atoms. The Bertz CT molecular complexity index is 273.